The molecule has 0 bridgehead atoms. The van der Waals surface area contributed by atoms with Gasteiger partial charge in [-0.1, -0.05) is 0 Å². The first-order valence-electron chi connectivity index (χ1n) is 4.27. The summed E-state index contributed by atoms with van der Waals surface area (Å²) in [4.78, 5) is 35.9. The highest BCUT2D eigenvalue weighted by Crippen LogP contribution is 2.12. The van der Waals surface area contributed by atoms with Crippen LogP contribution >= 0.6 is 0 Å². The number of Topliss-reactive ketones (excluding diaryl/α,β-unsaturated/α-hetero) is 1. The van der Waals surface area contributed by atoms with E-state index in [0.717, 1.165) is 0 Å². The fourth-order valence-corrected chi connectivity index (χ4v) is 1.10. The first-order chi connectivity index (χ1) is 7.47. The van der Waals surface area contributed by atoms with Crippen molar-refractivity contribution >= 4 is 23.4 Å². The fourth-order valence-electron chi connectivity index (χ4n) is 1.10. The molecule has 1 saturated heterocycles. The van der Waals surface area contributed by atoms with Gasteiger partial charge in [0.05, 0.1) is 6.61 Å². The van der Waals surface area contributed by atoms with Crippen molar-refractivity contribution < 1.29 is 34.4 Å². The molecule has 3 N–H and O–H groups in total. The van der Waals surface area contributed by atoms with Gasteiger partial charge in [-0.15, -0.1) is 0 Å². The molecule has 88 valence electrons. The molecule has 1 fully saturated rings. The van der Waals surface area contributed by atoms with Gasteiger partial charge in [0, 0.05) is 0 Å². The summed E-state index contributed by atoms with van der Waals surface area (Å²) in [5, 5.41) is 26.0. The summed E-state index contributed by atoms with van der Waals surface area (Å²) in [7, 11) is 0. The quantitative estimate of drug-likeness (QED) is 0.450. The van der Waals surface area contributed by atoms with Gasteiger partial charge in [0.25, 0.3) is 0 Å². The smallest absolute Gasteiger partial charge is 0.361 e. The number of carbonyl (C=O) groups is 3. The van der Waals surface area contributed by atoms with Crippen molar-refractivity contribution in [2.24, 2.45) is 4.99 Å². The molecule has 1 rings (SSSR count). The van der Waals surface area contributed by atoms with Gasteiger partial charge in [-0.2, -0.15) is 0 Å². The van der Waals surface area contributed by atoms with Crippen molar-refractivity contribution in [3.8, 4) is 0 Å². The maximum absolute atomic E-state index is 11.4. The number of aliphatic hydroxyl groups excluding tert-OH is 2. The highest BCUT2D eigenvalue weighted by molar-refractivity contribution is 6.68. The van der Waals surface area contributed by atoms with E-state index in [0.29, 0.717) is 0 Å². The summed E-state index contributed by atoms with van der Waals surface area (Å²) in [6.07, 6.45) is -3.04. The fraction of sp³-hybridized carbons (Fsp3) is 0.500. The first kappa shape index (κ1) is 12.3. The molecule has 0 radical (unpaired) electrons. The average molecular weight is 231 g/mol. The van der Waals surface area contributed by atoms with Crippen LogP contribution in [0.2, 0.25) is 0 Å². The number of nitrogens with zero attached hydrogens (tertiary/aromatic N) is 1. The second-order valence-electron chi connectivity index (χ2n) is 3.00. The Morgan fingerprint density at radius 3 is 2.62 bits per heavy atom. The van der Waals surface area contributed by atoms with Crippen LogP contribution in [0.4, 0.5) is 0 Å². The second-order valence-corrected chi connectivity index (χ2v) is 3.00. The summed E-state index contributed by atoms with van der Waals surface area (Å²) in [6.45, 7) is -1.49. The summed E-state index contributed by atoms with van der Waals surface area (Å²) >= 11 is 0. The van der Waals surface area contributed by atoms with Crippen molar-refractivity contribution in [1.29, 1.82) is 0 Å². The van der Waals surface area contributed by atoms with Gasteiger partial charge in [0.15, 0.2) is 11.8 Å². The molecule has 0 aromatic carbocycles. The van der Waals surface area contributed by atoms with E-state index in [1.165, 1.54) is 0 Å². The first-order valence-corrected chi connectivity index (χ1v) is 4.27. The Bertz CT molecular complexity index is 361. The zero-order chi connectivity index (χ0) is 12.3. The Morgan fingerprint density at radius 1 is 1.50 bits per heavy atom. The van der Waals surface area contributed by atoms with Crippen LogP contribution in [0.1, 0.15) is 0 Å². The summed E-state index contributed by atoms with van der Waals surface area (Å²) in [5.41, 5.74) is -0.653. The predicted octanol–water partition coefficient (Wildman–Crippen LogP) is -2.64. The molecule has 8 nitrogen and oxygen atoms in total. The topological polar surface area (TPSA) is 133 Å². The van der Waals surface area contributed by atoms with E-state index in [9.17, 15) is 14.4 Å². The number of esters is 1. The van der Waals surface area contributed by atoms with E-state index >= 15 is 0 Å². The lowest BCUT2D eigenvalue weighted by molar-refractivity contribution is -0.147. The van der Waals surface area contributed by atoms with Crippen LogP contribution in [0.5, 0.6) is 0 Å². The van der Waals surface area contributed by atoms with Crippen LogP contribution in [-0.2, 0) is 19.1 Å². The van der Waals surface area contributed by atoms with Gasteiger partial charge in [0.2, 0.25) is 5.78 Å². The lowest BCUT2D eigenvalue weighted by atomic mass is 10.1. The summed E-state index contributed by atoms with van der Waals surface area (Å²) in [6, 6.07) is 0. The third-order valence-electron chi connectivity index (χ3n) is 1.83. The number of ketones is 1. The number of rotatable bonds is 4. The van der Waals surface area contributed by atoms with Gasteiger partial charge >= 0.3 is 11.9 Å². The molecule has 16 heavy (non-hydrogen) atoms. The SMILES string of the molecule is O=C(O)CN=C1C(=O)OC(C(O)CO)C1=O. The van der Waals surface area contributed by atoms with Gasteiger partial charge in [-0.05, 0) is 0 Å². The molecule has 8 heteroatoms. The van der Waals surface area contributed by atoms with E-state index in [-0.39, 0.29) is 0 Å². The van der Waals surface area contributed by atoms with Crippen LogP contribution in [0.15, 0.2) is 4.99 Å². The number of hydrogen-bond acceptors (Lipinski definition) is 7. The number of aliphatic hydroxyl groups is 2. The molecule has 2 atom stereocenters. The molecule has 2 unspecified atom stereocenters. The third kappa shape index (κ3) is 2.41. The Hall–Kier alpha value is -1.80. The van der Waals surface area contributed by atoms with Gasteiger partial charge in [-0.3, -0.25) is 14.6 Å². The Balaban J connectivity index is 2.83. The van der Waals surface area contributed by atoms with Crippen LogP contribution in [0.25, 0.3) is 0 Å². The Morgan fingerprint density at radius 2 is 2.12 bits per heavy atom. The summed E-state index contributed by atoms with van der Waals surface area (Å²) in [5.74, 6) is -3.32. The molecule has 0 aromatic heterocycles. The van der Waals surface area contributed by atoms with Crippen molar-refractivity contribution in [2.75, 3.05) is 13.2 Å². The Labute approximate surface area is 89.2 Å². The van der Waals surface area contributed by atoms with E-state index in [1.54, 1.807) is 0 Å². The molecule has 0 amide bonds. The summed E-state index contributed by atoms with van der Waals surface area (Å²) < 4.78 is 4.45. The highest BCUT2D eigenvalue weighted by Gasteiger charge is 2.43. The number of carboxylic acid groups (broad SMARTS) is 1. The number of aliphatic carboxylic acids is 1. The number of carbonyl (C=O) groups excluding carboxylic acids is 2. The minimum Gasteiger partial charge on any atom is -0.480 e. The van der Waals surface area contributed by atoms with Crippen molar-refractivity contribution in [1.82, 2.24) is 0 Å². The van der Waals surface area contributed by atoms with Crippen LogP contribution < -0.4 is 0 Å². The highest BCUT2D eigenvalue weighted by atomic mass is 16.6. The molecule has 1 aliphatic rings. The molecule has 1 heterocycles. The number of cyclic esters (lactones) is 1. The second kappa shape index (κ2) is 4.81. The zero-order valence-electron chi connectivity index (χ0n) is 7.99. The lowest BCUT2D eigenvalue weighted by Gasteiger charge is -2.11. The molecular formula is C8H9NO7. The lowest BCUT2D eigenvalue weighted by Crippen LogP contribution is -2.35. The maximum atomic E-state index is 11.4. The predicted molar refractivity (Wildman–Crippen MR) is 47.9 cm³/mol. The Kier molecular flexibility index (Phi) is 3.69. The number of aliphatic imine (C=N–C) groups is 1. The van der Waals surface area contributed by atoms with Crippen molar-refractivity contribution in [3.05, 3.63) is 0 Å². The van der Waals surface area contributed by atoms with Crippen molar-refractivity contribution in [2.45, 2.75) is 12.2 Å². The van der Waals surface area contributed by atoms with Crippen LogP contribution in [0, 0.1) is 0 Å². The minimum absolute atomic E-state index is 0.653. The van der Waals surface area contributed by atoms with Gasteiger partial charge < -0.3 is 20.1 Å². The maximum Gasteiger partial charge on any atom is 0.361 e. The molecular weight excluding hydrogens is 222 g/mol. The largest absolute Gasteiger partial charge is 0.480 e. The van der Waals surface area contributed by atoms with Crippen LogP contribution in [0.3, 0.4) is 0 Å². The molecule has 0 spiro atoms. The van der Waals surface area contributed by atoms with Crippen LogP contribution in [-0.4, -0.2) is 64.1 Å². The standard InChI is InChI=1S/C8H9NO7/c10-2-3(11)7-6(14)5(8(15)16-7)9-1-4(12)13/h3,7,10-11H,1-2H2,(H,12,13). The molecule has 0 aromatic rings. The molecule has 0 aliphatic carbocycles. The average Bonchev–Trinajstić information content (AvgIpc) is 2.51. The zero-order valence-corrected chi connectivity index (χ0v) is 7.99. The third-order valence-corrected chi connectivity index (χ3v) is 1.83. The van der Waals surface area contributed by atoms with E-state index in [2.05, 4.69) is 9.73 Å². The molecule has 1 aliphatic heterocycles. The monoisotopic (exact) mass is 231 g/mol. The minimum atomic E-state index is -1.53. The number of carboxylic acids is 1. The number of ether oxygens (including phenoxy) is 1. The number of hydrogen-bond donors (Lipinski definition) is 3. The van der Waals surface area contributed by atoms with E-state index < -0.39 is 48.8 Å². The van der Waals surface area contributed by atoms with Crippen molar-refractivity contribution in [3.63, 3.8) is 0 Å². The van der Waals surface area contributed by atoms with E-state index in [4.69, 9.17) is 15.3 Å². The normalized spacial score (nSPS) is 24.6. The molecule has 0 saturated carbocycles. The van der Waals surface area contributed by atoms with Gasteiger partial charge in [0.1, 0.15) is 12.6 Å². The van der Waals surface area contributed by atoms with E-state index in [1.807, 2.05) is 0 Å². The van der Waals surface area contributed by atoms with Gasteiger partial charge in [-0.25, -0.2) is 4.79 Å².